The van der Waals surface area contributed by atoms with E-state index in [1.54, 1.807) is 6.33 Å². The molecule has 259 valence electrons. The maximum absolute atomic E-state index is 11.7. The molecule has 0 bridgehead atoms. The first kappa shape index (κ1) is 38.1. The SMILES string of the molecule is CC(C)(C)c1cc(-c2ncnc3c2-c2c(ccc4ccccc24)C3(C)C)[c-]c2ccccc12.CCC(CC)C(=O)/C=C(\O)C(CC)CC.[Ir]. The van der Waals surface area contributed by atoms with E-state index in [1.165, 1.54) is 38.9 Å². The second-order valence-electron chi connectivity index (χ2n) is 14.7. The first-order valence-electron chi connectivity index (χ1n) is 17.7. The fourth-order valence-corrected chi connectivity index (χ4v) is 7.25. The van der Waals surface area contributed by atoms with Crippen LogP contribution in [0.4, 0.5) is 0 Å². The Bertz CT molecular complexity index is 1980. The topological polar surface area (TPSA) is 63.1 Å². The van der Waals surface area contributed by atoms with E-state index in [9.17, 15) is 9.90 Å². The van der Waals surface area contributed by atoms with Gasteiger partial charge in [0.05, 0.1) is 11.5 Å². The van der Waals surface area contributed by atoms with Gasteiger partial charge in [-0.25, -0.2) is 4.98 Å². The van der Waals surface area contributed by atoms with E-state index in [0.29, 0.717) is 0 Å². The summed E-state index contributed by atoms with van der Waals surface area (Å²) in [6.45, 7) is 19.4. The number of carbonyl (C=O) groups excluding carboxylic acids is 1. The van der Waals surface area contributed by atoms with Crippen molar-refractivity contribution >= 4 is 27.3 Å². The number of ketones is 1. The molecule has 0 saturated heterocycles. The Morgan fingerprint density at radius 1 is 0.837 bits per heavy atom. The summed E-state index contributed by atoms with van der Waals surface area (Å²) in [6.07, 6.45) is 6.63. The van der Waals surface area contributed by atoms with E-state index in [0.717, 1.165) is 53.6 Å². The molecule has 1 heterocycles. The van der Waals surface area contributed by atoms with Crippen molar-refractivity contribution in [2.75, 3.05) is 0 Å². The molecule has 6 rings (SSSR count). The van der Waals surface area contributed by atoms with Crippen molar-refractivity contribution in [2.45, 2.75) is 98.8 Å². The molecule has 1 aliphatic carbocycles. The summed E-state index contributed by atoms with van der Waals surface area (Å²) in [7, 11) is 0. The molecule has 4 aromatic carbocycles. The van der Waals surface area contributed by atoms with E-state index in [2.05, 4.69) is 107 Å². The van der Waals surface area contributed by atoms with Gasteiger partial charge in [-0.3, -0.25) is 9.78 Å². The van der Waals surface area contributed by atoms with Crippen molar-refractivity contribution in [3.63, 3.8) is 0 Å². The number of benzene rings is 4. The number of allylic oxidation sites excluding steroid dienone is 2. The van der Waals surface area contributed by atoms with Crippen LogP contribution in [-0.4, -0.2) is 20.9 Å². The summed E-state index contributed by atoms with van der Waals surface area (Å²) in [4.78, 5) is 21.4. The zero-order chi connectivity index (χ0) is 34.8. The number of aliphatic hydroxyl groups excluding tert-OH is 1. The second kappa shape index (κ2) is 15.5. The van der Waals surface area contributed by atoms with Crippen molar-refractivity contribution in [1.82, 2.24) is 9.97 Å². The molecule has 0 aliphatic heterocycles. The van der Waals surface area contributed by atoms with Crippen LogP contribution in [-0.2, 0) is 35.7 Å². The van der Waals surface area contributed by atoms with Crippen LogP contribution >= 0.6 is 0 Å². The minimum Gasteiger partial charge on any atom is -0.512 e. The van der Waals surface area contributed by atoms with Crippen LogP contribution in [0.15, 0.2) is 84.9 Å². The minimum absolute atomic E-state index is 0. The van der Waals surface area contributed by atoms with E-state index in [4.69, 9.17) is 9.97 Å². The standard InChI is InChI=1S/C31H27N2.C13H24O2.Ir/c1-30(2,3)25-17-21(16-20-11-7-8-12-22(20)25)28-27-26-23-13-9-6-10-19(23)14-15-24(26)31(4,5)29(27)33-18-32-28;1-5-10(6-2)12(14)9-13(15)11(7-3)8-4;/h6-15,17-18H,1-5H3;9-11,14H,5-8H2,1-4H3;/q-1;;/b;12-9-;. The monoisotopic (exact) mass is 832 g/mol. The molecule has 5 aromatic rings. The van der Waals surface area contributed by atoms with Crippen molar-refractivity contribution in [3.05, 3.63) is 108 Å². The van der Waals surface area contributed by atoms with Gasteiger partial charge in [0.1, 0.15) is 6.33 Å². The zero-order valence-electron chi connectivity index (χ0n) is 30.6. The molecular formula is C44H51IrN2O2-. The van der Waals surface area contributed by atoms with Crippen LogP contribution in [0.25, 0.3) is 43.9 Å². The van der Waals surface area contributed by atoms with Gasteiger partial charge in [0, 0.05) is 49.1 Å². The molecule has 0 fully saturated rings. The Balaban J connectivity index is 0.000000290. The number of aromatic nitrogens is 2. The Morgan fingerprint density at radius 2 is 1.45 bits per heavy atom. The van der Waals surface area contributed by atoms with Crippen molar-refractivity contribution in [3.8, 4) is 22.4 Å². The average molecular weight is 832 g/mol. The molecule has 0 amide bonds. The number of hydrogen-bond acceptors (Lipinski definition) is 4. The summed E-state index contributed by atoms with van der Waals surface area (Å²) in [5, 5.41) is 14.6. The summed E-state index contributed by atoms with van der Waals surface area (Å²) in [5.41, 5.74) is 7.97. The van der Waals surface area contributed by atoms with E-state index >= 15 is 0 Å². The van der Waals surface area contributed by atoms with Gasteiger partial charge in [-0.1, -0.05) is 128 Å². The molecule has 5 heteroatoms. The first-order valence-corrected chi connectivity index (χ1v) is 17.7. The third kappa shape index (κ3) is 7.44. The predicted molar refractivity (Wildman–Crippen MR) is 201 cm³/mol. The summed E-state index contributed by atoms with van der Waals surface area (Å²) >= 11 is 0. The largest absolute Gasteiger partial charge is 0.512 e. The minimum atomic E-state index is -0.184. The van der Waals surface area contributed by atoms with Crippen molar-refractivity contribution in [2.24, 2.45) is 11.8 Å². The average Bonchev–Trinajstić information content (AvgIpc) is 3.31. The third-order valence-corrected chi connectivity index (χ3v) is 10.2. The second-order valence-corrected chi connectivity index (χ2v) is 14.7. The Hall–Kier alpha value is -3.66. The van der Waals surface area contributed by atoms with E-state index in [-0.39, 0.29) is 54.3 Å². The van der Waals surface area contributed by atoms with Gasteiger partial charge in [-0.2, -0.15) is 0 Å². The van der Waals surface area contributed by atoms with Crippen LogP contribution < -0.4 is 0 Å². The molecular weight excluding hydrogens is 781 g/mol. The van der Waals surface area contributed by atoms with Crippen LogP contribution in [0, 0.1) is 17.9 Å². The molecule has 0 unspecified atom stereocenters. The summed E-state index contributed by atoms with van der Waals surface area (Å²) < 4.78 is 0. The quantitative estimate of drug-likeness (QED) is 0.0961. The van der Waals surface area contributed by atoms with Gasteiger partial charge in [0.2, 0.25) is 0 Å². The fraction of sp³-hybridized carbons (Fsp3) is 0.386. The van der Waals surface area contributed by atoms with E-state index in [1.807, 2.05) is 27.7 Å². The molecule has 1 N–H and O–H groups in total. The molecule has 0 saturated carbocycles. The zero-order valence-corrected chi connectivity index (χ0v) is 33.0. The Labute approximate surface area is 306 Å². The fourth-order valence-electron chi connectivity index (χ4n) is 7.25. The number of carbonyl (C=O) groups is 1. The smallest absolute Gasteiger partial charge is 0.162 e. The first-order chi connectivity index (χ1) is 22.9. The molecule has 1 radical (unpaired) electrons. The predicted octanol–water partition coefficient (Wildman–Crippen LogP) is 11.7. The number of aliphatic hydroxyl groups is 1. The van der Waals surface area contributed by atoms with Crippen LogP contribution in [0.2, 0.25) is 0 Å². The maximum atomic E-state index is 11.7. The number of nitrogens with zero attached hydrogens (tertiary/aromatic N) is 2. The molecule has 49 heavy (non-hydrogen) atoms. The van der Waals surface area contributed by atoms with Crippen molar-refractivity contribution < 1.29 is 30.0 Å². The van der Waals surface area contributed by atoms with Gasteiger partial charge in [-0.05, 0) is 58.6 Å². The van der Waals surface area contributed by atoms with Gasteiger partial charge in [0.15, 0.2) is 5.78 Å². The maximum Gasteiger partial charge on any atom is 0.162 e. The molecule has 4 nitrogen and oxygen atoms in total. The number of hydrogen-bond donors (Lipinski definition) is 1. The molecule has 0 atom stereocenters. The van der Waals surface area contributed by atoms with Gasteiger partial charge >= 0.3 is 0 Å². The third-order valence-electron chi connectivity index (χ3n) is 10.2. The van der Waals surface area contributed by atoms with Gasteiger partial charge < -0.3 is 5.11 Å². The normalized spacial score (nSPS) is 13.6. The molecule has 1 aliphatic rings. The summed E-state index contributed by atoms with van der Waals surface area (Å²) in [5.74, 6) is 0.547. The van der Waals surface area contributed by atoms with Gasteiger partial charge in [-0.15, -0.1) is 29.1 Å². The van der Waals surface area contributed by atoms with Gasteiger partial charge in [0.25, 0.3) is 0 Å². The van der Waals surface area contributed by atoms with Crippen LogP contribution in [0.3, 0.4) is 0 Å². The Morgan fingerprint density at radius 3 is 2.08 bits per heavy atom. The number of rotatable bonds is 8. The summed E-state index contributed by atoms with van der Waals surface area (Å²) in [6, 6.07) is 27.7. The number of fused-ring (bicyclic) bond motifs is 6. The van der Waals surface area contributed by atoms with Crippen LogP contribution in [0.1, 0.15) is 105 Å². The van der Waals surface area contributed by atoms with Crippen molar-refractivity contribution in [1.29, 1.82) is 0 Å². The van der Waals surface area contributed by atoms with Crippen LogP contribution in [0.5, 0.6) is 0 Å². The Kier molecular flexibility index (Phi) is 12.1. The molecule has 0 spiro atoms. The molecule has 1 aromatic heterocycles. The van der Waals surface area contributed by atoms with E-state index < -0.39 is 0 Å².